The molecule has 0 saturated heterocycles. The second-order valence-electron chi connectivity index (χ2n) is 5.06. The third-order valence-electron chi connectivity index (χ3n) is 3.68. The van der Waals surface area contributed by atoms with Crippen LogP contribution in [-0.4, -0.2) is 6.54 Å². The lowest BCUT2D eigenvalue weighted by atomic mass is 9.85. The minimum absolute atomic E-state index is 0.346. The molecule has 2 aromatic carbocycles. The van der Waals surface area contributed by atoms with E-state index in [-0.39, 0.29) is 0 Å². The predicted octanol–water partition coefficient (Wildman–Crippen LogP) is 4.54. The molecule has 3 heteroatoms. The van der Waals surface area contributed by atoms with Crippen molar-refractivity contribution in [3.8, 4) is 0 Å². The number of fused-ring (bicyclic) bond motifs is 1. The van der Waals surface area contributed by atoms with Gasteiger partial charge in [-0.15, -0.1) is 0 Å². The lowest BCUT2D eigenvalue weighted by molar-refractivity contribution is 0.591. The highest BCUT2D eigenvalue weighted by Crippen LogP contribution is 2.33. The number of rotatable bonds is 1. The fourth-order valence-corrected chi connectivity index (χ4v) is 3.02. The van der Waals surface area contributed by atoms with E-state index < -0.39 is 0 Å². The van der Waals surface area contributed by atoms with Gasteiger partial charge in [-0.05, 0) is 35.7 Å². The number of aryl methyl sites for hydroxylation is 1. The molecule has 0 saturated carbocycles. The van der Waals surface area contributed by atoms with Crippen molar-refractivity contribution < 1.29 is 0 Å². The Labute approximate surface area is 123 Å². The maximum absolute atomic E-state index is 6.13. The molecule has 19 heavy (non-hydrogen) atoms. The van der Waals surface area contributed by atoms with Gasteiger partial charge in [0.2, 0.25) is 0 Å². The Kier molecular flexibility index (Phi) is 3.53. The third kappa shape index (κ3) is 2.51. The van der Waals surface area contributed by atoms with Gasteiger partial charge in [0.05, 0.1) is 10.0 Å². The third-order valence-corrected chi connectivity index (χ3v) is 4.42. The van der Waals surface area contributed by atoms with Crippen LogP contribution in [0.4, 0.5) is 0 Å². The van der Waals surface area contributed by atoms with E-state index in [9.17, 15) is 0 Å². The molecule has 1 aliphatic heterocycles. The van der Waals surface area contributed by atoms with Gasteiger partial charge in [-0.25, -0.2) is 0 Å². The number of benzene rings is 2. The van der Waals surface area contributed by atoms with E-state index >= 15 is 0 Å². The average molecular weight is 292 g/mol. The molecule has 1 aliphatic rings. The molecule has 98 valence electrons. The fraction of sp³-hybridized carbons (Fsp3) is 0.250. The quantitative estimate of drug-likeness (QED) is 0.814. The van der Waals surface area contributed by atoms with E-state index in [4.69, 9.17) is 23.2 Å². The lowest BCUT2D eigenvalue weighted by Crippen LogP contribution is -2.28. The van der Waals surface area contributed by atoms with E-state index in [0.717, 1.165) is 13.1 Å². The Morgan fingerprint density at radius 3 is 2.68 bits per heavy atom. The summed E-state index contributed by atoms with van der Waals surface area (Å²) in [4.78, 5) is 0. The number of nitrogens with one attached hydrogen (secondary N) is 1. The van der Waals surface area contributed by atoms with Crippen molar-refractivity contribution in [2.45, 2.75) is 19.4 Å². The smallest absolute Gasteiger partial charge is 0.0595 e. The van der Waals surface area contributed by atoms with Crippen LogP contribution in [0.2, 0.25) is 10.0 Å². The Hall–Kier alpha value is -1.02. The summed E-state index contributed by atoms with van der Waals surface area (Å²) >= 11 is 12.1. The molecule has 0 aliphatic carbocycles. The summed E-state index contributed by atoms with van der Waals surface area (Å²) in [5.41, 5.74) is 5.28. The van der Waals surface area contributed by atoms with Gasteiger partial charge in [-0.3, -0.25) is 0 Å². The van der Waals surface area contributed by atoms with Crippen LogP contribution in [0.15, 0.2) is 36.4 Å². The van der Waals surface area contributed by atoms with Gasteiger partial charge in [0.1, 0.15) is 0 Å². The topological polar surface area (TPSA) is 12.0 Å². The Balaban J connectivity index is 2.05. The summed E-state index contributed by atoms with van der Waals surface area (Å²) < 4.78 is 0. The first-order valence-corrected chi connectivity index (χ1v) is 7.16. The zero-order valence-corrected chi connectivity index (χ0v) is 12.2. The van der Waals surface area contributed by atoms with Crippen LogP contribution >= 0.6 is 23.2 Å². The van der Waals surface area contributed by atoms with E-state index in [1.165, 1.54) is 22.3 Å². The van der Waals surface area contributed by atoms with Crippen LogP contribution in [0.3, 0.4) is 0 Å². The molecule has 2 aromatic rings. The molecule has 0 radical (unpaired) electrons. The molecule has 1 unspecified atom stereocenters. The molecule has 0 amide bonds. The Morgan fingerprint density at radius 1 is 1.05 bits per heavy atom. The summed E-state index contributed by atoms with van der Waals surface area (Å²) in [5, 5.41) is 4.71. The minimum Gasteiger partial charge on any atom is -0.312 e. The molecule has 1 atom stereocenters. The molecular weight excluding hydrogens is 277 g/mol. The van der Waals surface area contributed by atoms with Gasteiger partial charge in [0, 0.05) is 19.0 Å². The van der Waals surface area contributed by atoms with E-state index in [1.807, 2.05) is 12.1 Å². The highest BCUT2D eigenvalue weighted by Gasteiger charge is 2.21. The molecule has 1 nitrogen and oxygen atoms in total. The van der Waals surface area contributed by atoms with Crippen molar-refractivity contribution in [3.63, 3.8) is 0 Å². The molecule has 0 spiro atoms. The van der Waals surface area contributed by atoms with Crippen molar-refractivity contribution in [1.29, 1.82) is 0 Å². The van der Waals surface area contributed by atoms with Crippen molar-refractivity contribution in [1.82, 2.24) is 5.32 Å². The first-order chi connectivity index (χ1) is 9.15. The fourth-order valence-electron chi connectivity index (χ4n) is 2.72. The van der Waals surface area contributed by atoms with Crippen molar-refractivity contribution in [3.05, 3.63) is 68.7 Å². The summed E-state index contributed by atoms with van der Waals surface area (Å²) in [6.45, 7) is 4.01. The van der Waals surface area contributed by atoms with Gasteiger partial charge < -0.3 is 5.32 Å². The molecule has 1 N–H and O–H groups in total. The first kappa shape index (κ1) is 13.0. The number of hydrogen-bond acceptors (Lipinski definition) is 1. The van der Waals surface area contributed by atoms with Gasteiger partial charge in [0.15, 0.2) is 0 Å². The summed E-state index contributed by atoms with van der Waals surface area (Å²) in [5.74, 6) is 0.346. The van der Waals surface area contributed by atoms with Crippen molar-refractivity contribution >= 4 is 23.2 Å². The SMILES string of the molecule is Cc1ccc2c(c1)CNCC2c1ccc(Cl)c(Cl)c1. The summed E-state index contributed by atoms with van der Waals surface area (Å²) in [7, 11) is 0. The zero-order valence-electron chi connectivity index (χ0n) is 10.7. The minimum atomic E-state index is 0.346. The van der Waals surface area contributed by atoms with E-state index in [0.29, 0.717) is 16.0 Å². The second-order valence-corrected chi connectivity index (χ2v) is 5.87. The Morgan fingerprint density at radius 2 is 1.89 bits per heavy atom. The van der Waals surface area contributed by atoms with Crippen molar-refractivity contribution in [2.75, 3.05) is 6.54 Å². The number of hydrogen-bond donors (Lipinski definition) is 1. The monoisotopic (exact) mass is 291 g/mol. The van der Waals surface area contributed by atoms with Crippen LogP contribution in [0.5, 0.6) is 0 Å². The van der Waals surface area contributed by atoms with Crippen LogP contribution in [0, 0.1) is 6.92 Å². The summed E-state index contributed by atoms with van der Waals surface area (Å²) in [6.07, 6.45) is 0. The van der Waals surface area contributed by atoms with E-state index in [2.05, 4.69) is 36.5 Å². The van der Waals surface area contributed by atoms with Gasteiger partial charge >= 0.3 is 0 Å². The van der Waals surface area contributed by atoms with Crippen LogP contribution in [-0.2, 0) is 6.54 Å². The maximum Gasteiger partial charge on any atom is 0.0595 e. The second kappa shape index (κ2) is 5.16. The highest BCUT2D eigenvalue weighted by atomic mass is 35.5. The van der Waals surface area contributed by atoms with Crippen LogP contribution < -0.4 is 5.32 Å². The van der Waals surface area contributed by atoms with Gasteiger partial charge in [-0.2, -0.15) is 0 Å². The predicted molar refractivity (Wildman–Crippen MR) is 81.2 cm³/mol. The molecule has 0 bridgehead atoms. The summed E-state index contributed by atoms with van der Waals surface area (Å²) in [6, 6.07) is 12.6. The van der Waals surface area contributed by atoms with Gasteiger partial charge in [0.25, 0.3) is 0 Å². The van der Waals surface area contributed by atoms with E-state index in [1.54, 1.807) is 0 Å². The Bertz CT molecular complexity index is 622. The zero-order chi connectivity index (χ0) is 13.4. The first-order valence-electron chi connectivity index (χ1n) is 6.40. The normalized spacial score (nSPS) is 18.2. The molecule has 0 fully saturated rings. The standard InChI is InChI=1S/C16H15Cl2N/c1-10-2-4-13-12(6-10)8-19-9-14(13)11-3-5-15(17)16(18)7-11/h2-7,14,19H,8-9H2,1H3. The molecule has 1 heterocycles. The number of halogens is 2. The maximum atomic E-state index is 6.13. The van der Waals surface area contributed by atoms with Crippen LogP contribution in [0.25, 0.3) is 0 Å². The molecular formula is C16H15Cl2N. The largest absolute Gasteiger partial charge is 0.312 e. The molecule has 0 aromatic heterocycles. The molecule has 3 rings (SSSR count). The average Bonchev–Trinajstić information content (AvgIpc) is 2.41. The van der Waals surface area contributed by atoms with Gasteiger partial charge in [-0.1, -0.05) is 53.0 Å². The van der Waals surface area contributed by atoms with Crippen LogP contribution in [0.1, 0.15) is 28.2 Å². The lowest BCUT2D eigenvalue weighted by Gasteiger charge is -2.27. The van der Waals surface area contributed by atoms with Crippen molar-refractivity contribution in [2.24, 2.45) is 0 Å². The highest BCUT2D eigenvalue weighted by molar-refractivity contribution is 6.42.